The van der Waals surface area contributed by atoms with Crippen LogP contribution in [0.2, 0.25) is 0 Å². The molecular weight excluding hydrogens is 344 g/mol. The fourth-order valence-corrected chi connectivity index (χ4v) is 3.89. The first kappa shape index (κ1) is 18.1. The lowest BCUT2D eigenvalue weighted by Crippen LogP contribution is -2.28. The number of amides is 2. The van der Waals surface area contributed by atoms with Crippen LogP contribution < -0.4 is 0 Å². The van der Waals surface area contributed by atoms with Crippen LogP contribution in [0.3, 0.4) is 0 Å². The van der Waals surface area contributed by atoms with Gasteiger partial charge in [0, 0.05) is 17.1 Å². The maximum absolute atomic E-state index is 12.4. The molecule has 1 aliphatic heterocycles. The first-order valence-corrected chi connectivity index (χ1v) is 9.10. The Labute approximate surface area is 157 Å². The van der Waals surface area contributed by atoms with Crippen LogP contribution in [-0.2, 0) is 4.79 Å². The smallest absolute Gasteiger partial charge is 0.294 e. The zero-order chi connectivity index (χ0) is 19.0. The molecule has 0 aliphatic carbocycles. The van der Waals surface area contributed by atoms with Gasteiger partial charge in [0.05, 0.1) is 11.4 Å². The normalized spacial score (nSPS) is 15.8. The molecular formula is C21H20N2O2S. The van der Waals surface area contributed by atoms with Crippen LogP contribution in [-0.4, -0.2) is 27.2 Å². The van der Waals surface area contributed by atoms with Gasteiger partial charge in [-0.2, -0.15) is 0 Å². The predicted molar refractivity (Wildman–Crippen MR) is 106 cm³/mol. The Morgan fingerprint density at radius 2 is 1.85 bits per heavy atom. The summed E-state index contributed by atoms with van der Waals surface area (Å²) < 4.78 is 2.16. The molecule has 4 nitrogen and oxygen atoms in total. The van der Waals surface area contributed by atoms with E-state index in [0.29, 0.717) is 4.91 Å². The number of nitrogens with zero attached hydrogens (tertiary/aromatic N) is 2. The van der Waals surface area contributed by atoms with Gasteiger partial charge in [-0.25, -0.2) is 0 Å². The minimum absolute atomic E-state index is 0.00364. The minimum Gasteiger partial charge on any atom is -0.318 e. The van der Waals surface area contributed by atoms with Gasteiger partial charge in [-0.1, -0.05) is 12.0 Å². The number of aryl methyl sites for hydroxylation is 3. The van der Waals surface area contributed by atoms with Crippen molar-refractivity contribution in [2.45, 2.75) is 27.7 Å². The second kappa shape index (κ2) is 6.89. The summed E-state index contributed by atoms with van der Waals surface area (Å²) in [5, 5.41) is -0.317. The molecule has 0 radical (unpaired) electrons. The third-order valence-corrected chi connectivity index (χ3v) is 5.54. The first-order chi connectivity index (χ1) is 12.3. The quantitative estimate of drug-likeness (QED) is 0.599. The molecule has 0 bridgehead atoms. The molecule has 0 unspecified atom stereocenters. The van der Waals surface area contributed by atoms with Crippen LogP contribution in [0.25, 0.3) is 11.8 Å². The van der Waals surface area contributed by atoms with E-state index in [4.69, 9.17) is 6.42 Å². The third-order valence-electron chi connectivity index (χ3n) is 4.63. The van der Waals surface area contributed by atoms with E-state index in [-0.39, 0.29) is 17.7 Å². The summed E-state index contributed by atoms with van der Waals surface area (Å²) >= 11 is 0.934. The molecule has 1 fully saturated rings. The number of hydrogen-bond acceptors (Lipinski definition) is 3. The predicted octanol–water partition coefficient (Wildman–Crippen LogP) is 4.38. The second-order valence-corrected chi connectivity index (χ2v) is 7.40. The van der Waals surface area contributed by atoms with Crippen LogP contribution in [0, 0.1) is 40.0 Å². The van der Waals surface area contributed by atoms with E-state index >= 15 is 0 Å². The Kier molecular flexibility index (Phi) is 4.80. The fraction of sp³-hybridized carbons (Fsp3) is 0.238. The van der Waals surface area contributed by atoms with E-state index < -0.39 is 0 Å². The van der Waals surface area contributed by atoms with Gasteiger partial charge in [0.15, 0.2) is 0 Å². The largest absolute Gasteiger partial charge is 0.318 e. The average Bonchev–Trinajstić information content (AvgIpc) is 3.01. The molecule has 5 heteroatoms. The van der Waals surface area contributed by atoms with Gasteiger partial charge >= 0.3 is 0 Å². The van der Waals surface area contributed by atoms with Gasteiger partial charge in [-0.15, -0.1) is 6.42 Å². The van der Waals surface area contributed by atoms with Gasteiger partial charge < -0.3 is 4.57 Å². The van der Waals surface area contributed by atoms with Crippen molar-refractivity contribution in [1.29, 1.82) is 0 Å². The summed E-state index contributed by atoms with van der Waals surface area (Å²) in [6, 6.07) is 8.38. The topological polar surface area (TPSA) is 42.3 Å². The lowest BCUT2D eigenvalue weighted by atomic mass is 10.1. The van der Waals surface area contributed by atoms with Crippen LogP contribution in [0.5, 0.6) is 0 Å². The number of hydrogen-bond donors (Lipinski definition) is 0. The molecule has 26 heavy (non-hydrogen) atoms. The van der Waals surface area contributed by atoms with Crippen molar-refractivity contribution in [3.63, 3.8) is 0 Å². The van der Waals surface area contributed by atoms with Crippen LogP contribution in [0.1, 0.15) is 28.1 Å². The lowest BCUT2D eigenvalue weighted by Gasteiger charge is -2.12. The van der Waals surface area contributed by atoms with Crippen molar-refractivity contribution in [3.8, 4) is 18.0 Å². The Morgan fingerprint density at radius 1 is 1.12 bits per heavy atom. The van der Waals surface area contributed by atoms with Crippen molar-refractivity contribution in [1.82, 2.24) is 9.47 Å². The Morgan fingerprint density at radius 3 is 2.50 bits per heavy atom. The van der Waals surface area contributed by atoms with E-state index in [0.717, 1.165) is 39.3 Å². The maximum atomic E-state index is 12.4. The van der Waals surface area contributed by atoms with Gasteiger partial charge in [0.25, 0.3) is 11.1 Å². The monoisotopic (exact) mass is 364 g/mol. The lowest BCUT2D eigenvalue weighted by molar-refractivity contribution is -0.122. The van der Waals surface area contributed by atoms with Crippen molar-refractivity contribution < 1.29 is 9.59 Å². The van der Waals surface area contributed by atoms with E-state index in [1.807, 2.05) is 19.9 Å². The van der Waals surface area contributed by atoms with Crippen molar-refractivity contribution >= 4 is 29.0 Å². The highest BCUT2D eigenvalue weighted by molar-refractivity contribution is 8.18. The molecule has 2 aromatic rings. The molecule has 3 rings (SSSR count). The van der Waals surface area contributed by atoms with Gasteiger partial charge in [0.1, 0.15) is 0 Å². The molecule has 0 atom stereocenters. The van der Waals surface area contributed by atoms with Gasteiger partial charge in [-0.05, 0) is 80.4 Å². The number of terminal acetylenes is 1. The Bertz CT molecular complexity index is 992. The second-order valence-electron chi connectivity index (χ2n) is 6.40. The maximum Gasteiger partial charge on any atom is 0.294 e. The zero-order valence-electron chi connectivity index (χ0n) is 15.3. The standard InChI is InChI=1S/C21H20N2O2S/c1-6-9-22-20(24)19(26-21(22)25)12-17-11-15(4)23(16(17)5)18-8-7-13(2)14(3)10-18/h1,7-8,10-12H,9H2,2-5H3/b19-12+. The molecule has 1 aliphatic rings. The summed E-state index contributed by atoms with van der Waals surface area (Å²) in [7, 11) is 0. The zero-order valence-corrected chi connectivity index (χ0v) is 16.1. The summed E-state index contributed by atoms with van der Waals surface area (Å²) in [6.07, 6.45) is 7.02. The summed E-state index contributed by atoms with van der Waals surface area (Å²) in [4.78, 5) is 25.8. The van der Waals surface area contributed by atoms with E-state index in [2.05, 4.69) is 42.5 Å². The summed E-state index contributed by atoms with van der Waals surface area (Å²) in [5.41, 5.74) is 6.58. The molecule has 0 spiro atoms. The van der Waals surface area contributed by atoms with Crippen molar-refractivity contribution in [3.05, 3.63) is 57.2 Å². The SMILES string of the molecule is C#CCN1C(=O)S/C(=C/c2cc(C)n(-c3ccc(C)c(C)c3)c2C)C1=O. The Balaban J connectivity index is 2.01. The number of carbonyl (C=O) groups is 2. The van der Waals surface area contributed by atoms with Crippen LogP contribution in [0.4, 0.5) is 4.79 Å². The number of imide groups is 1. The molecule has 2 amide bonds. The van der Waals surface area contributed by atoms with E-state index in [9.17, 15) is 9.59 Å². The van der Waals surface area contributed by atoms with Gasteiger partial charge in [0.2, 0.25) is 0 Å². The van der Waals surface area contributed by atoms with Crippen molar-refractivity contribution in [2.75, 3.05) is 6.54 Å². The fourth-order valence-electron chi connectivity index (χ4n) is 3.06. The summed E-state index contributed by atoms with van der Waals surface area (Å²) in [6.45, 7) is 8.23. The molecule has 132 valence electrons. The number of aromatic nitrogens is 1. The molecule has 1 aromatic heterocycles. The van der Waals surface area contributed by atoms with Crippen LogP contribution >= 0.6 is 11.8 Å². The third kappa shape index (κ3) is 3.09. The minimum atomic E-state index is -0.325. The number of thioether (sulfide) groups is 1. The molecule has 1 aromatic carbocycles. The molecule has 0 N–H and O–H groups in total. The first-order valence-electron chi connectivity index (χ1n) is 8.29. The molecule has 2 heterocycles. The average molecular weight is 364 g/mol. The Hall–Kier alpha value is -2.71. The number of benzene rings is 1. The highest BCUT2D eigenvalue weighted by atomic mass is 32.2. The van der Waals surface area contributed by atoms with E-state index in [1.54, 1.807) is 6.08 Å². The van der Waals surface area contributed by atoms with Gasteiger partial charge in [-0.3, -0.25) is 14.5 Å². The van der Waals surface area contributed by atoms with Crippen molar-refractivity contribution in [2.24, 2.45) is 0 Å². The molecule has 1 saturated heterocycles. The molecule has 0 saturated carbocycles. The van der Waals surface area contributed by atoms with Crippen LogP contribution in [0.15, 0.2) is 29.2 Å². The highest BCUT2D eigenvalue weighted by Crippen LogP contribution is 2.33. The summed E-state index contributed by atoms with van der Waals surface area (Å²) in [5.74, 6) is 2.03. The highest BCUT2D eigenvalue weighted by Gasteiger charge is 2.34. The van der Waals surface area contributed by atoms with E-state index in [1.165, 1.54) is 11.1 Å². The number of carbonyl (C=O) groups excluding carboxylic acids is 2. The number of rotatable bonds is 3.